The van der Waals surface area contributed by atoms with Crippen molar-refractivity contribution in [2.45, 2.75) is 12.1 Å². The fraction of sp³-hybridized carbons (Fsp3) is 0.500. The topological polar surface area (TPSA) is 52.6 Å². The Hall–Kier alpha value is -0.430. The number of amides is 1. The predicted octanol–water partition coefficient (Wildman–Crippen LogP) is 0.915. The molecular weight excluding hydrogens is 292 g/mol. The highest BCUT2D eigenvalue weighted by Crippen LogP contribution is 2.25. The average molecular weight is 305 g/mol. The van der Waals surface area contributed by atoms with E-state index in [4.69, 9.17) is 0 Å². The van der Waals surface area contributed by atoms with Crippen LogP contribution < -0.4 is 5.32 Å². The lowest BCUT2D eigenvalue weighted by atomic mass is 10.2. The molecule has 0 bridgehead atoms. The highest BCUT2D eigenvalue weighted by atomic mass is 79.9. The van der Waals surface area contributed by atoms with Crippen molar-refractivity contribution in [2.75, 3.05) is 20.1 Å². The molecule has 1 fully saturated rings. The molecule has 2 N–H and O–H groups in total. The highest BCUT2D eigenvalue weighted by Gasteiger charge is 2.32. The van der Waals surface area contributed by atoms with E-state index in [2.05, 4.69) is 21.2 Å². The molecule has 1 aliphatic rings. The van der Waals surface area contributed by atoms with Gasteiger partial charge in [0.25, 0.3) is 5.91 Å². The van der Waals surface area contributed by atoms with E-state index >= 15 is 0 Å². The molecule has 2 rings (SSSR count). The molecule has 0 aliphatic carbocycles. The Morgan fingerprint density at radius 1 is 1.69 bits per heavy atom. The molecule has 0 unspecified atom stereocenters. The van der Waals surface area contributed by atoms with E-state index in [9.17, 15) is 9.90 Å². The van der Waals surface area contributed by atoms with E-state index in [0.717, 1.165) is 4.47 Å². The molecule has 1 aliphatic heterocycles. The van der Waals surface area contributed by atoms with E-state index < -0.39 is 6.10 Å². The van der Waals surface area contributed by atoms with E-state index in [1.165, 1.54) is 11.3 Å². The lowest BCUT2D eigenvalue weighted by Crippen LogP contribution is -2.44. The maximum atomic E-state index is 12.1. The molecule has 1 amide bonds. The van der Waals surface area contributed by atoms with Crippen molar-refractivity contribution in [3.63, 3.8) is 0 Å². The average Bonchev–Trinajstić information content (AvgIpc) is 2.85. The molecule has 0 spiro atoms. The number of halogens is 1. The molecule has 1 saturated heterocycles. The monoisotopic (exact) mass is 304 g/mol. The highest BCUT2D eigenvalue weighted by molar-refractivity contribution is 9.10. The third-order valence-corrected chi connectivity index (χ3v) is 4.61. The summed E-state index contributed by atoms with van der Waals surface area (Å²) in [4.78, 5) is 14.4. The van der Waals surface area contributed by atoms with Crippen molar-refractivity contribution in [1.29, 1.82) is 0 Å². The predicted molar refractivity (Wildman–Crippen MR) is 66.8 cm³/mol. The van der Waals surface area contributed by atoms with Crippen molar-refractivity contribution in [3.05, 3.63) is 20.8 Å². The molecule has 16 heavy (non-hydrogen) atoms. The molecule has 0 saturated carbocycles. The van der Waals surface area contributed by atoms with Gasteiger partial charge < -0.3 is 15.3 Å². The van der Waals surface area contributed by atoms with Crippen LogP contribution in [0.25, 0.3) is 0 Å². The van der Waals surface area contributed by atoms with Gasteiger partial charge in [0.15, 0.2) is 0 Å². The summed E-state index contributed by atoms with van der Waals surface area (Å²) < 4.78 is 0.815. The van der Waals surface area contributed by atoms with Crippen molar-refractivity contribution in [1.82, 2.24) is 10.2 Å². The number of hydrogen-bond acceptors (Lipinski definition) is 4. The number of likely N-dealkylation sites (N-methyl/N-ethyl adjacent to an activating group) is 1. The van der Waals surface area contributed by atoms with Gasteiger partial charge in [0.2, 0.25) is 0 Å². The summed E-state index contributed by atoms with van der Waals surface area (Å²) in [5.41, 5.74) is 0. The first-order valence-corrected chi connectivity index (χ1v) is 6.67. The first-order valence-electron chi connectivity index (χ1n) is 5.00. The van der Waals surface area contributed by atoms with Crippen LogP contribution in [-0.2, 0) is 0 Å². The largest absolute Gasteiger partial charge is 0.390 e. The van der Waals surface area contributed by atoms with Crippen LogP contribution in [-0.4, -0.2) is 48.2 Å². The van der Waals surface area contributed by atoms with Crippen molar-refractivity contribution >= 4 is 33.2 Å². The molecule has 1 aromatic rings. The summed E-state index contributed by atoms with van der Waals surface area (Å²) in [7, 11) is 1.73. The molecular formula is C10H13BrN2O2S. The zero-order valence-electron chi connectivity index (χ0n) is 8.81. The molecule has 6 heteroatoms. The SMILES string of the molecule is CN(C(=O)c1sccc1Br)[C@@H]1CNC[C@H]1O. The van der Waals surface area contributed by atoms with Gasteiger partial charge in [0.05, 0.1) is 12.1 Å². The summed E-state index contributed by atoms with van der Waals surface area (Å²) in [5.74, 6) is -0.0466. The van der Waals surface area contributed by atoms with E-state index in [0.29, 0.717) is 18.0 Å². The zero-order valence-corrected chi connectivity index (χ0v) is 11.2. The third kappa shape index (κ3) is 2.15. The van der Waals surface area contributed by atoms with Gasteiger partial charge in [-0.3, -0.25) is 4.79 Å². The molecule has 0 aromatic carbocycles. The van der Waals surface area contributed by atoms with Gasteiger partial charge >= 0.3 is 0 Å². The standard InChI is InChI=1S/C10H13BrN2O2S/c1-13(7-4-12-5-8(7)14)10(15)9-6(11)2-3-16-9/h2-3,7-8,12,14H,4-5H2,1H3/t7-,8-/m1/s1. The molecule has 2 heterocycles. The smallest absolute Gasteiger partial charge is 0.265 e. The first kappa shape index (κ1) is 12.0. The Bertz CT molecular complexity index is 396. The van der Waals surface area contributed by atoms with Crippen LogP contribution in [0.15, 0.2) is 15.9 Å². The van der Waals surface area contributed by atoms with Crippen molar-refractivity contribution in [2.24, 2.45) is 0 Å². The molecule has 0 radical (unpaired) electrons. The molecule has 1 aromatic heterocycles. The minimum atomic E-state index is -0.479. The number of thiophene rings is 1. The van der Waals surface area contributed by atoms with E-state index in [1.54, 1.807) is 11.9 Å². The first-order chi connectivity index (χ1) is 7.61. The van der Waals surface area contributed by atoms with Gasteiger partial charge in [0.1, 0.15) is 4.88 Å². The Labute approximate surface area is 106 Å². The van der Waals surface area contributed by atoms with Crippen LogP contribution in [0.5, 0.6) is 0 Å². The summed E-state index contributed by atoms with van der Waals surface area (Å²) in [5, 5.41) is 14.6. The van der Waals surface area contributed by atoms with Crippen molar-refractivity contribution in [3.8, 4) is 0 Å². The van der Waals surface area contributed by atoms with Crippen LogP contribution in [0, 0.1) is 0 Å². The van der Waals surface area contributed by atoms with Gasteiger partial charge in [0, 0.05) is 24.6 Å². The van der Waals surface area contributed by atoms with Crippen LogP contribution in [0.4, 0.5) is 0 Å². The second-order valence-electron chi connectivity index (χ2n) is 3.81. The van der Waals surface area contributed by atoms with Crippen LogP contribution >= 0.6 is 27.3 Å². The summed E-state index contributed by atoms with van der Waals surface area (Å²) in [6.07, 6.45) is -0.479. The third-order valence-electron chi connectivity index (χ3n) is 2.78. The van der Waals surface area contributed by atoms with Gasteiger partial charge in [-0.25, -0.2) is 0 Å². The molecule has 2 atom stereocenters. The van der Waals surface area contributed by atoms with Gasteiger partial charge in [-0.15, -0.1) is 11.3 Å². The summed E-state index contributed by atoms with van der Waals surface area (Å²) in [6, 6.07) is 1.72. The van der Waals surface area contributed by atoms with Crippen LogP contribution in [0.1, 0.15) is 9.67 Å². The lowest BCUT2D eigenvalue weighted by molar-refractivity contribution is 0.0585. The van der Waals surface area contributed by atoms with Gasteiger partial charge in [-0.1, -0.05) is 0 Å². The minimum absolute atomic E-state index is 0.0466. The Balaban J connectivity index is 2.13. The normalized spacial score (nSPS) is 24.7. The molecule has 88 valence electrons. The number of carbonyl (C=O) groups is 1. The van der Waals surface area contributed by atoms with Crippen LogP contribution in [0.2, 0.25) is 0 Å². The van der Waals surface area contributed by atoms with Gasteiger partial charge in [-0.05, 0) is 27.4 Å². The number of carbonyl (C=O) groups excluding carboxylic acids is 1. The fourth-order valence-corrected chi connectivity index (χ4v) is 3.33. The molecule has 4 nitrogen and oxygen atoms in total. The number of aliphatic hydroxyl groups excluding tert-OH is 1. The number of nitrogens with one attached hydrogen (secondary N) is 1. The summed E-state index contributed by atoms with van der Waals surface area (Å²) in [6.45, 7) is 1.19. The second-order valence-corrected chi connectivity index (χ2v) is 5.58. The zero-order chi connectivity index (χ0) is 11.7. The van der Waals surface area contributed by atoms with Gasteiger partial charge in [-0.2, -0.15) is 0 Å². The quantitative estimate of drug-likeness (QED) is 0.854. The Morgan fingerprint density at radius 2 is 2.44 bits per heavy atom. The maximum absolute atomic E-state index is 12.1. The Kier molecular flexibility index (Phi) is 3.63. The van der Waals surface area contributed by atoms with E-state index in [-0.39, 0.29) is 11.9 Å². The number of hydrogen-bond donors (Lipinski definition) is 2. The number of β-amino-alcohol motifs (C(OH)–C–C–N with tert-alkyl or cyclic N) is 1. The Morgan fingerprint density at radius 3 is 2.94 bits per heavy atom. The lowest BCUT2D eigenvalue weighted by Gasteiger charge is -2.26. The minimum Gasteiger partial charge on any atom is -0.390 e. The second kappa shape index (κ2) is 4.83. The summed E-state index contributed by atoms with van der Waals surface area (Å²) >= 11 is 4.75. The van der Waals surface area contributed by atoms with E-state index in [1.807, 2.05) is 11.4 Å². The number of nitrogens with zero attached hydrogens (tertiary/aromatic N) is 1. The maximum Gasteiger partial charge on any atom is 0.265 e. The fourth-order valence-electron chi connectivity index (χ4n) is 1.80. The van der Waals surface area contributed by atoms with Crippen molar-refractivity contribution < 1.29 is 9.90 Å². The number of rotatable bonds is 2. The number of aliphatic hydroxyl groups is 1. The van der Waals surface area contributed by atoms with Crippen LogP contribution in [0.3, 0.4) is 0 Å².